The molecule has 0 saturated heterocycles. The number of hydrogen-bond acceptors (Lipinski definition) is 3. The number of phenols is 1. The molecule has 5 heteroatoms. The van der Waals surface area contributed by atoms with Gasteiger partial charge in [-0.15, -0.1) is 0 Å². The maximum Gasteiger partial charge on any atom is 0.308 e. The number of aromatic hydroxyl groups is 1. The van der Waals surface area contributed by atoms with E-state index in [2.05, 4.69) is 4.74 Å². The van der Waals surface area contributed by atoms with Crippen LogP contribution in [0.5, 0.6) is 11.5 Å². The topological polar surface area (TPSA) is 46.5 Å². The van der Waals surface area contributed by atoms with Crippen molar-refractivity contribution in [2.75, 3.05) is 0 Å². The molecule has 0 saturated carbocycles. The Kier molecular flexibility index (Phi) is 2.46. The third-order valence-corrected chi connectivity index (χ3v) is 1.25. The summed E-state index contributed by atoms with van der Waals surface area (Å²) in [4.78, 5) is 10.4. The third kappa shape index (κ3) is 2.14. The largest absolute Gasteiger partial charge is 0.502 e. The molecular formula is C8H6F2O3. The van der Waals surface area contributed by atoms with Crippen molar-refractivity contribution in [2.45, 2.75) is 6.92 Å². The number of hydrogen-bond donors (Lipinski definition) is 1. The molecule has 0 unspecified atom stereocenters. The van der Waals surface area contributed by atoms with Crippen molar-refractivity contribution in [1.29, 1.82) is 0 Å². The lowest BCUT2D eigenvalue weighted by molar-refractivity contribution is -0.132. The number of rotatable bonds is 1. The van der Waals surface area contributed by atoms with E-state index in [4.69, 9.17) is 5.11 Å². The van der Waals surface area contributed by atoms with Gasteiger partial charge in [-0.05, 0) is 0 Å². The van der Waals surface area contributed by atoms with Crippen LogP contribution in [0.2, 0.25) is 0 Å². The minimum Gasteiger partial charge on any atom is -0.502 e. The summed E-state index contributed by atoms with van der Waals surface area (Å²) in [6.45, 7) is 1.06. The van der Waals surface area contributed by atoms with E-state index in [9.17, 15) is 13.6 Å². The Balaban J connectivity index is 3.12. The monoisotopic (exact) mass is 188 g/mol. The van der Waals surface area contributed by atoms with Gasteiger partial charge in [0, 0.05) is 19.1 Å². The molecule has 1 N–H and O–H groups in total. The summed E-state index contributed by atoms with van der Waals surface area (Å²) in [5, 5.41) is 8.95. The number of halogens is 2. The van der Waals surface area contributed by atoms with Gasteiger partial charge in [-0.3, -0.25) is 4.79 Å². The fourth-order valence-electron chi connectivity index (χ4n) is 0.775. The van der Waals surface area contributed by atoms with Gasteiger partial charge in [0.05, 0.1) is 0 Å². The fraction of sp³-hybridized carbons (Fsp3) is 0.125. The maximum atomic E-state index is 12.6. The van der Waals surface area contributed by atoms with Gasteiger partial charge in [0.15, 0.2) is 17.3 Å². The highest BCUT2D eigenvalue weighted by Crippen LogP contribution is 2.29. The normalized spacial score (nSPS) is 9.77. The zero-order chi connectivity index (χ0) is 10.0. The number of carbonyl (C=O) groups is 1. The summed E-state index contributed by atoms with van der Waals surface area (Å²) in [6, 6.07) is 1.21. The highest BCUT2D eigenvalue weighted by Gasteiger charge is 2.12. The minimum atomic E-state index is -1.17. The standard InChI is InChI=1S/C8H6F2O3/c1-4(11)13-7-3-5(9)2-6(10)8(7)12/h2-3,12H,1H3. The fourth-order valence-corrected chi connectivity index (χ4v) is 0.775. The van der Waals surface area contributed by atoms with Crippen molar-refractivity contribution in [1.82, 2.24) is 0 Å². The van der Waals surface area contributed by atoms with Gasteiger partial charge in [0.25, 0.3) is 0 Å². The summed E-state index contributed by atoms with van der Waals surface area (Å²) in [5.41, 5.74) is 0. The predicted molar refractivity (Wildman–Crippen MR) is 39.3 cm³/mol. The second-order valence-electron chi connectivity index (χ2n) is 2.33. The van der Waals surface area contributed by atoms with Crippen LogP contribution in [0.15, 0.2) is 12.1 Å². The number of phenolic OH excluding ortho intramolecular Hbond substituents is 1. The van der Waals surface area contributed by atoms with Crippen LogP contribution in [-0.4, -0.2) is 11.1 Å². The molecule has 0 spiro atoms. The Labute approximate surface area is 72.6 Å². The van der Waals surface area contributed by atoms with Gasteiger partial charge in [0.2, 0.25) is 0 Å². The van der Waals surface area contributed by atoms with E-state index >= 15 is 0 Å². The first-order valence-corrected chi connectivity index (χ1v) is 3.37. The number of carbonyl (C=O) groups excluding carboxylic acids is 1. The van der Waals surface area contributed by atoms with Gasteiger partial charge in [0.1, 0.15) is 5.82 Å². The molecule has 0 radical (unpaired) electrons. The molecule has 0 amide bonds. The van der Waals surface area contributed by atoms with E-state index in [0.717, 1.165) is 13.0 Å². The van der Waals surface area contributed by atoms with Crippen LogP contribution >= 0.6 is 0 Å². The molecule has 0 aliphatic carbocycles. The molecule has 0 aromatic heterocycles. The lowest BCUT2D eigenvalue weighted by atomic mass is 10.3. The molecule has 1 aromatic rings. The van der Waals surface area contributed by atoms with Crippen molar-refractivity contribution >= 4 is 5.97 Å². The Morgan fingerprint density at radius 1 is 1.46 bits per heavy atom. The first kappa shape index (κ1) is 9.44. The molecule has 0 atom stereocenters. The smallest absolute Gasteiger partial charge is 0.308 e. The van der Waals surface area contributed by atoms with Crippen molar-refractivity contribution in [3.8, 4) is 11.5 Å². The number of ether oxygens (including phenoxy) is 1. The van der Waals surface area contributed by atoms with Crippen LogP contribution < -0.4 is 4.74 Å². The molecule has 0 heterocycles. The van der Waals surface area contributed by atoms with Gasteiger partial charge >= 0.3 is 5.97 Å². The van der Waals surface area contributed by atoms with E-state index in [1.807, 2.05) is 0 Å². The highest BCUT2D eigenvalue weighted by molar-refractivity contribution is 5.70. The van der Waals surface area contributed by atoms with E-state index in [0.29, 0.717) is 6.07 Å². The van der Waals surface area contributed by atoms with Gasteiger partial charge in [-0.25, -0.2) is 8.78 Å². The van der Waals surface area contributed by atoms with Gasteiger partial charge in [-0.2, -0.15) is 0 Å². The summed E-state index contributed by atoms with van der Waals surface area (Å²) in [6.07, 6.45) is 0. The SMILES string of the molecule is CC(=O)Oc1cc(F)cc(F)c1O. The van der Waals surface area contributed by atoms with Crippen LogP contribution in [0.1, 0.15) is 6.92 Å². The Morgan fingerprint density at radius 3 is 2.62 bits per heavy atom. The highest BCUT2D eigenvalue weighted by atomic mass is 19.1. The molecule has 13 heavy (non-hydrogen) atoms. The predicted octanol–water partition coefficient (Wildman–Crippen LogP) is 1.60. The van der Waals surface area contributed by atoms with Crippen molar-refractivity contribution < 1.29 is 23.4 Å². The van der Waals surface area contributed by atoms with Crippen molar-refractivity contribution in [2.24, 2.45) is 0 Å². The zero-order valence-corrected chi connectivity index (χ0v) is 6.67. The van der Waals surface area contributed by atoms with Gasteiger partial charge in [-0.1, -0.05) is 0 Å². The van der Waals surface area contributed by atoms with E-state index < -0.39 is 29.1 Å². The van der Waals surface area contributed by atoms with Gasteiger partial charge < -0.3 is 9.84 Å². The second kappa shape index (κ2) is 3.38. The summed E-state index contributed by atoms with van der Waals surface area (Å²) in [7, 11) is 0. The lowest BCUT2D eigenvalue weighted by Crippen LogP contribution is -2.02. The van der Waals surface area contributed by atoms with Crippen LogP contribution in [0.4, 0.5) is 8.78 Å². The average Bonchev–Trinajstić information content (AvgIpc) is 1.98. The molecule has 70 valence electrons. The molecular weight excluding hydrogens is 182 g/mol. The molecule has 0 aliphatic rings. The van der Waals surface area contributed by atoms with Crippen LogP contribution in [0, 0.1) is 11.6 Å². The quantitative estimate of drug-likeness (QED) is 0.537. The Bertz CT molecular complexity index is 349. The first-order chi connectivity index (χ1) is 6.00. The third-order valence-electron chi connectivity index (χ3n) is 1.25. The average molecular weight is 188 g/mol. The minimum absolute atomic E-state index is 0.488. The first-order valence-electron chi connectivity index (χ1n) is 3.37. The summed E-state index contributed by atoms with van der Waals surface area (Å²) in [5.74, 6) is -4.26. The zero-order valence-electron chi connectivity index (χ0n) is 6.67. The van der Waals surface area contributed by atoms with Crippen molar-refractivity contribution in [3.05, 3.63) is 23.8 Å². The molecule has 1 aromatic carbocycles. The number of benzene rings is 1. The molecule has 0 fully saturated rings. The molecule has 1 rings (SSSR count). The Morgan fingerprint density at radius 2 is 2.08 bits per heavy atom. The summed E-state index contributed by atoms with van der Waals surface area (Å²) >= 11 is 0. The Hall–Kier alpha value is -1.65. The van der Waals surface area contributed by atoms with E-state index in [1.165, 1.54) is 0 Å². The van der Waals surface area contributed by atoms with E-state index in [1.54, 1.807) is 0 Å². The molecule has 3 nitrogen and oxygen atoms in total. The second-order valence-corrected chi connectivity index (χ2v) is 2.33. The van der Waals surface area contributed by atoms with Crippen LogP contribution in [0.3, 0.4) is 0 Å². The molecule has 0 aliphatic heterocycles. The number of esters is 1. The summed E-state index contributed by atoms with van der Waals surface area (Å²) < 4.78 is 29.5. The molecule has 0 bridgehead atoms. The van der Waals surface area contributed by atoms with E-state index in [-0.39, 0.29) is 0 Å². The maximum absolute atomic E-state index is 12.6. The van der Waals surface area contributed by atoms with Crippen molar-refractivity contribution in [3.63, 3.8) is 0 Å². The van der Waals surface area contributed by atoms with Crippen LogP contribution in [-0.2, 0) is 4.79 Å². The van der Waals surface area contributed by atoms with Crippen LogP contribution in [0.25, 0.3) is 0 Å². The lowest BCUT2D eigenvalue weighted by Gasteiger charge is -2.04.